The predicted molar refractivity (Wildman–Crippen MR) is 67.9 cm³/mol. The fraction of sp³-hybridized carbons (Fsp3) is 0.455. The van der Waals surface area contributed by atoms with Gasteiger partial charge in [-0.1, -0.05) is 6.92 Å². The first-order chi connectivity index (χ1) is 9.12. The number of hydrogen-bond acceptors (Lipinski definition) is 4. The van der Waals surface area contributed by atoms with Crippen LogP contribution < -0.4 is 15.5 Å². The van der Waals surface area contributed by atoms with E-state index in [0.29, 0.717) is 12.2 Å². The summed E-state index contributed by atoms with van der Waals surface area (Å²) in [4.78, 5) is 25.9. The topological polar surface area (TPSA) is 103 Å². The first-order valence-electron chi connectivity index (χ1n) is 5.78. The fourth-order valence-electron chi connectivity index (χ4n) is 1.38. The number of pyridine rings is 1. The van der Waals surface area contributed by atoms with E-state index in [9.17, 15) is 9.59 Å². The van der Waals surface area contributed by atoms with Crippen molar-refractivity contribution in [2.24, 2.45) is 0 Å². The zero-order valence-corrected chi connectivity index (χ0v) is 10.8. The number of hydrogen-bond donors (Lipinski definition) is 2. The van der Waals surface area contributed by atoms with Gasteiger partial charge in [-0.05, 0) is 6.42 Å². The third kappa shape index (κ3) is 3.99. The lowest BCUT2D eigenvalue weighted by molar-refractivity contribution is 0.211. The van der Waals surface area contributed by atoms with E-state index in [4.69, 9.17) is 10.1 Å². The second kappa shape index (κ2) is 7.00. The van der Waals surface area contributed by atoms with Crippen molar-refractivity contribution in [2.75, 3.05) is 13.7 Å². The molecule has 2 amide bonds. The van der Waals surface area contributed by atoms with Crippen LogP contribution in [0.1, 0.15) is 19.0 Å². The number of nitrogens with one attached hydrogen (secondary N) is 2. The number of ether oxygens (including phenoxy) is 1. The van der Waals surface area contributed by atoms with Crippen LogP contribution in [0.2, 0.25) is 0 Å². The number of aromatic nitrogens is 1. The summed E-state index contributed by atoms with van der Waals surface area (Å²) < 4.78 is 4.82. The average Bonchev–Trinajstić information content (AvgIpc) is 2.42. The second-order valence-electron chi connectivity index (χ2n) is 3.77. The predicted octanol–water partition coefficient (Wildman–Crippen LogP) is 1.07. The standard InChI is InChI=1S/C11H15N5O3/c1-3-4-13-11(18)16(15-12)7-8-5-9(17)10(19-2)6-14-8/h5-6H,3-4,7H2,1-2H3,(H-,13,14,17,18)/p+1. The molecule has 0 bridgehead atoms. The van der Waals surface area contributed by atoms with Gasteiger partial charge in [0.25, 0.3) is 5.39 Å². The van der Waals surface area contributed by atoms with Gasteiger partial charge in [0.05, 0.1) is 12.1 Å². The quantitative estimate of drug-likeness (QED) is 0.614. The van der Waals surface area contributed by atoms with E-state index in [1.807, 2.05) is 6.92 Å². The molecule has 0 atom stereocenters. The molecule has 0 unspecified atom stereocenters. The Bertz CT molecular complexity index is 534. The molecule has 0 aliphatic carbocycles. The SMILES string of the molecule is CCCNC(=O)N(Cc1cc(=O)c(OC)c[nH]1)[N+]#N. The molecule has 102 valence electrons. The number of rotatable bonds is 5. The van der Waals surface area contributed by atoms with Gasteiger partial charge >= 0.3 is 11.1 Å². The van der Waals surface area contributed by atoms with E-state index in [0.717, 1.165) is 11.4 Å². The summed E-state index contributed by atoms with van der Waals surface area (Å²) in [6, 6.07) is 0.741. The highest BCUT2D eigenvalue weighted by Crippen LogP contribution is 2.04. The van der Waals surface area contributed by atoms with Crippen molar-refractivity contribution in [2.45, 2.75) is 19.9 Å². The van der Waals surface area contributed by atoms with Crippen LogP contribution in [0, 0.1) is 5.39 Å². The summed E-state index contributed by atoms with van der Waals surface area (Å²) in [5, 5.41) is 15.0. The molecule has 8 heteroatoms. The number of nitrogens with zero attached hydrogens (tertiary/aromatic N) is 3. The van der Waals surface area contributed by atoms with E-state index in [-0.39, 0.29) is 17.7 Å². The molecule has 0 spiro atoms. The zero-order chi connectivity index (χ0) is 14.3. The summed E-state index contributed by atoms with van der Waals surface area (Å²) in [7, 11) is 1.39. The molecule has 19 heavy (non-hydrogen) atoms. The minimum Gasteiger partial charge on any atom is -0.491 e. The molecular weight excluding hydrogens is 250 g/mol. The molecule has 1 aromatic rings. The second-order valence-corrected chi connectivity index (χ2v) is 3.77. The van der Waals surface area contributed by atoms with Gasteiger partial charge in [0.2, 0.25) is 5.43 Å². The Morgan fingerprint density at radius 3 is 2.89 bits per heavy atom. The minimum absolute atomic E-state index is 0.0503. The number of urea groups is 1. The first-order valence-corrected chi connectivity index (χ1v) is 5.78. The van der Waals surface area contributed by atoms with Gasteiger partial charge in [-0.2, -0.15) is 0 Å². The van der Waals surface area contributed by atoms with Crippen LogP contribution in [0.15, 0.2) is 17.1 Å². The fourth-order valence-corrected chi connectivity index (χ4v) is 1.38. The molecule has 1 rings (SSSR count). The molecule has 0 aliphatic rings. The van der Waals surface area contributed by atoms with Crippen LogP contribution in [0.5, 0.6) is 5.75 Å². The Labute approximate surface area is 110 Å². The van der Waals surface area contributed by atoms with Gasteiger partial charge < -0.3 is 15.0 Å². The van der Waals surface area contributed by atoms with Crippen molar-refractivity contribution in [1.29, 1.82) is 5.39 Å². The van der Waals surface area contributed by atoms with Gasteiger partial charge in [-0.15, -0.1) is 0 Å². The van der Waals surface area contributed by atoms with Crippen LogP contribution in [0.25, 0.3) is 5.08 Å². The van der Waals surface area contributed by atoms with E-state index in [1.165, 1.54) is 19.4 Å². The highest BCUT2D eigenvalue weighted by atomic mass is 16.5. The molecule has 1 heterocycles. The molecule has 0 aliphatic heterocycles. The number of carbonyl (C=O) groups is 1. The van der Waals surface area contributed by atoms with Gasteiger partial charge in [0.1, 0.15) is 6.54 Å². The molecule has 0 aromatic carbocycles. The summed E-state index contributed by atoms with van der Waals surface area (Å²) in [6.07, 6.45) is 2.15. The Morgan fingerprint density at radius 2 is 2.37 bits per heavy atom. The lowest BCUT2D eigenvalue weighted by Crippen LogP contribution is -2.35. The van der Waals surface area contributed by atoms with E-state index < -0.39 is 6.03 Å². The van der Waals surface area contributed by atoms with Crippen LogP contribution in [0.4, 0.5) is 4.79 Å². The van der Waals surface area contributed by atoms with E-state index in [2.05, 4.69) is 15.4 Å². The monoisotopic (exact) mass is 266 g/mol. The Kier molecular flexibility index (Phi) is 5.35. The minimum atomic E-state index is -0.541. The molecule has 1 aromatic heterocycles. The third-order valence-electron chi connectivity index (χ3n) is 2.35. The molecular formula is C11H16N5O3+. The highest BCUT2D eigenvalue weighted by Gasteiger charge is 2.24. The molecule has 0 saturated carbocycles. The number of H-pyrrole nitrogens is 1. The van der Waals surface area contributed by atoms with Crippen LogP contribution in [0.3, 0.4) is 0 Å². The number of carbonyl (C=O) groups excluding carboxylic acids is 1. The van der Waals surface area contributed by atoms with E-state index >= 15 is 0 Å². The van der Waals surface area contributed by atoms with Crippen LogP contribution >= 0.6 is 0 Å². The third-order valence-corrected chi connectivity index (χ3v) is 2.35. The van der Waals surface area contributed by atoms with Gasteiger partial charge in [0, 0.05) is 24.5 Å². The van der Waals surface area contributed by atoms with Crippen molar-refractivity contribution >= 4 is 6.03 Å². The van der Waals surface area contributed by atoms with Crippen molar-refractivity contribution < 1.29 is 9.53 Å². The number of methoxy groups -OCH3 is 1. The first kappa shape index (κ1) is 14.5. The molecule has 0 saturated heterocycles. The van der Waals surface area contributed by atoms with E-state index in [1.54, 1.807) is 0 Å². The summed E-state index contributed by atoms with van der Waals surface area (Å²) in [6.45, 7) is 2.33. The lowest BCUT2D eigenvalue weighted by atomic mass is 10.3. The number of amides is 2. The summed E-state index contributed by atoms with van der Waals surface area (Å²) >= 11 is 0. The van der Waals surface area contributed by atoms with Gasteiger partial charge in [-0.25, -0.2) is 4.79 Å². The maximum atomic E-state index is 11.6. The van der Waals surface area contributed by atoms with Crippen molar-refractivity contribution in [3.8, 4) is 5.75 Å². The molecule has 8 nitrogen and oxygen atoms in total. The molecule has 2 N–H and O–H groups in total. The molecule has 0 radical (unpaired) electrons. The number of aromatic amines is 1. The van der Waals surface area contributed by atoms with Crippen LogP contribution in [-0.2, 0) is 6.54 Å². The summed E-state index contributed by atoms with van der Waals surface area (Å²) in [5.41, 5.74) is 0.110. The zero-order valence-electron chi connectivity index (χ0n) is 10.8. The van der Waals surface area contributed by atoms with Crippen LogP contribution in [-0.4, -0.2) is 29.7 Å². The Morgan fingerprint density at radius 1 is 1.63 bits per heavy atom. The summed E-state index contributed by atoms with van der Waals surface area (Å²) in [5.74, 6) is 0.173. The van der Waals surface area contributed by atoms with Crippen molar-refractivity contribution in [3.63, 3.8) is 0 Å². The van der Waals surface area contributed by atoms with Crippen molar-refractivity contribution in [3.05, 3.63) is 33.3 Å². The Balaban J connectivity index is 2.76. The number of diazo groups is 1. The smallest absolute Gasteiger partial charge is 0.390 e. The van der Waals surface area contributed by atoms with Crippen molar-refractivity contribution in [1.82, 2.24) is 15.3 Å². The van der Waals surface area contributed by atoms with Gasteiger partial charge in [0.15, 0.2) is 5.75 Å². The maximum absolute atomic E-state index is 11.6. The Hall–Kier alpha value is -2.56. The lowest BCUT2D eigenvalue weighted by Gasteiger charge is -2.05. The average molecular weight is 266 g/mol. The normalized spacial score (nSPS) is 9.53. The molecule has 0 fully saturated rings. The highest BCUT2D eigenvalue weighted by molar-refractivity contribution is 5.74. The largest absolute Gasteiger partial charge is 0.491 e. The van der Waals surface area contributed by atoms with Gasteiger partial charge in [-0.3, -0.25) is 4.79 Å². The maximum Gasteiger partial charge on any atom is 0.390 e.